The standard InChI is InChI=1S/C23H24ClFN4O3/c24-21-10-16-9-18(27-20(16)11-26-21)22(31)28-19(8-14-3-5-17(25)6-4-14)23(32)29-7-1-2-15(12-29)13-30/h3-6,9-11,15,19,27,30H,1-2,7-8,12-13H2,(H,28,31)/t15?,19-/m0/s1. The number of aromatic nitrogens is 2. The van der Waals surface area contributed by atoms with Crippen molar-refractivity contribution in [1.82, 2.24) is 20.2 Å². The number of hydrogen-bond donors (Lipinski definition) is 3. The van der Waals surface area contributed by atoms with Crippen LogP contribution in [0.1, 0.15) is 28.9 Å². The number of aliphatic hydroxyl groups is 1. The Kier molecular flexibility index (Phi) is 6.72. The molecule has 1 fully saturated rings. The third-order valence-corrected chi connectivity index (χ3v) is 5.97. The third kappa shape index (κ3) is 5.08. The minimum absolute atomic E-state index is 0.0183. The van der Waals surface area contributed by atoms with Gasteiger partial charge in [-0.15, -0.1) is 0 Å². The summed E-state index contributed by atoms with van der Waals surface area (Å²) < 4.78 is 13.3. The molecule has 1 saturated heterocycles. The number of hydrogen-bond acceptors (Lipinski definition) is 4. The molecule has 3 heterocycles. The van der Waals surface area contributed by atoms with Gasteiger partial charge in [0, 0.05) is 31.5 Å². The zero-order valence-electron chi connectivity index (χ0n) is 17.4. The number of likely N-dealkylation sites (tertiary alicyclic amines) is 1. The van der Waals surface area contributed by atoms with Gasteiger partial charge in [-0.05, 0) is 48.6 Å². The summed E-state index contributed by atoms with van der Waals surface area (Å²) in [5.41, 5.74) is 1.67. The van der Waals surface area contributed by atoms with Gasteiger partial charge in [0.15, 0.2) is 0 Å². The van der Waals surface area contributed by atoms with Crippen molar-refractivity contribution in [3.8, 4) is 0 Å². The Labute approximate surface area is 189 Å². The van der Waals surface area contributed by atoms with E-state index < -0.39 is 11.9 Å². The molecule has 2 atom stereocenters. The highest BCUT2D eigenvalue weighted by molar-refractivity contribution is 6.30. The highest BCUT2D eigenvalue weighted by Crippen LogP contribution is 2.20. The van der Waals surface area contributed by atoms with E-state index in [1.54, 1.807) is 35.4 Å². The van der Waals surface area contributed by atoms with E-state index in [0.29, 0.717) is 23.8 Å². The van der Waals surface area contributed by atoms with Crippen molar-refractivity contribution in [1.29, 1.82) is 0 Å². The van der Waals surface area contributed by atoms with Crippen LogP contribution >= 0.6 is 11.6 Å². The molecule has 3 aromatic rings. The second-order valence-electron chi connectivity index (χ2n) is 8.11. The summed E-state index contributed by atoms with van der Waals surface area (Å²) in [4.78, 5) is 35.0. The van der Waals surface area contributed by atoms with Crippen molar-refractivity contribution < 1.29 is 19.1 Å². The van der Waals surface area contributed by atoms with Crippen LogP contribution < -0.4 is 5.32 Å². The minimum atomic E-state index is -0.835. The van der Waals surface area contributed by atoms with Crippen molar-refractivity contribution >= 4 is 34.3 Å². The summed E-state index contributed by atoms with van der Waals surface area (Å²) in [5, 5.41) is 13.4. The maximum Gasteiger partial charge on any atom is 0.268 e. The minimum Gasteiger partial charge on any atom is -0.396 e. The van der Waals surface area contributed by atoms with Gasteiger partial charge in [-0.1, -0.05) is 23.7 Å². The number of aromatic amines is 1. The molecule has 32 heavy (non-hydrogen) atoms. The first-order valence-corrected chi connectivity index (χ1v) is 10.9. The summed E-state index contributed by atoms with van der Waals surface area (Å²) in [5.74, 6) is -0.996. The number of nitrogens with one attached hydrogen (secondary N) is 2. The monoisotopic (exact) mass is 458 g/mol. The molecule has 1 unspecified atom stereocenters. The number of piperidine rings is 1. The Morgan fingerprint density at radius 2 is 2.09 bits per heavy atom. The van der Waals surface area contributed by atoms with Crippen molar-refractivity contribution in [3.05, 3.63) is 64.8 Å². The van der Waals surface area contributed by atoms with E-state index in [1.807, 2.05) is 0 Å². The van der Waals surface area contributed by atoms with Crippen LogP contribution in [-0.2, 0) is 11.2 Å². The molecule has 0 spiro atoms. The zero-order valence-corrected chi connectivity index (χ0v) is 18.1. The number of carbonyl (C=O) groups is 2. The summed E-state index contributed by atoms with van der Waals surface area (Å²) in [6, 6.07) is 8.33. The van der Waals surface area contributed by atoms with Gasteiger partial charge in [0.25, 0.3) is 5.91 Å². The second kappa shape index (κ2) is 9.67. The Hall–Kier alpha value is -2.97. The molecular weight excluding hydrogens is 435 g/mol. The van der Waals surface area contributed by atoms with Crippen molar-refractivity contribution in [2.75, 3.05) is 19.7 Å². The second-order valence-corrected chi connectivity index (χ2v) is 8.50. The van der Waals surface area contributed by atoms with E-state index in [2.05, 4.69) is 15.3 Å². The number of rotatable bonds is 6. The van der Waals surface area contributed by atoms with Crippen molar-refractivity contribution in [2.24, 2.45) is 5.92 Å². The Balaban J connectivity index is 1.56. The van der Waals surface area contributed by atoms with Gasteiger partial charge in [-0.2, -0.15) is 0 Å². The van der Waals surface area contributed by atoms with Gasteiger partial charge in [0.05, 0.1) is 11.7 Å². The fraction of sp³-hybridized carbons (Fsp3) is 0.348. The highest BCUT2D eigenvalue weighted by atomic mass is 35.5. The molecule has 168 valence electrons. The first-order valence-electron chi connectivity index (χ1n) is 10.5. The number of fused-ring (bicyclic) bond motifs is 1. The Morgan fingerprint density at radius 1 is 1.31 bits per heavy atom. The fourth-order valence-corrected chi connectivity index (χ4v) is 4.22. The van der Waals surface area contributed by atoms with Crippen LogP contribution in [0.4, 0.5) is 4.39 Å². The van der Waals surface area contributed by atoms with Crippen LogP contribution in [0.3, 0.4) is 0 Å². The largest absolute Gasteiger partial charge is 0.396 e. The van der Waals surface area contributed by atoms with E-state index in [0.717, 1.165) is 23.8 Å². The van der Waals surface area contributed by atoms with Crippen molar-refractivity contribution in [2.45, 2.75) is 25.3 Å². The van der Waals surface area contributed by atoms with Gasteiger partial charge in [-0.25, -0.2) is 9.37 Å². The summed E-state index contributed by atoms with van der Waals surface area (Å²) in [6.45, 7) is 1.04. The lowest BCUT2D eigenvalue weighted by Gasteiger charge is -2.34. The topological polar surface area (TPSA) is 98.3 Å². The van der Waals surface area contributed by atoms with Crippen LogP contribution in [0.2, 0.25) is 5.15 Å². The molecule has 3 N–H and O–H groups in total. The van der Waals surface area contributed by atoms with Crippen molar-refractivity contribution in [3.63, 3.8) is 0 Å². The normalized spacial score (nSPS) is 17.3. The average molecular weight is 459 g/mol. The number of pyridine rings is 1. The smallest absolute Gasteiger partial charge is 0.268 e. The molecule has 1 aromatic carbocycles. The predicted octanol–water partition coefficient (Wildman–Crippen LogP) is 2.93. The Morgan fingerprint density at radius 3 is 2.84 bits per heavy atom. The van der Waals surface area contributed by atoms with Gasteiger partial charge in [0.2, 0.25) is 5.91 Å². The maximum absolute atomic E-state index is 13.3. The molecular formula is C23H24ClFN4O3. The lowest BCUT2D eigenvalue weighted by Crippen LogP contribution is -2.52. The predicted molar refractivity (Wildman–Crippen MR) is 119 cm³/mol. The molecule has 0 bridgehead atoms. The van der Waals surface area contributed by atoms with Gasteiger partial charge >= 0.3 is 0 Å². The van der Waals surface area contributed by atoms with Crippen LogP contribution in [0.15, 0.2) is 42.6 Å². The van der Waals surface area contributed by atoms with E-state index in [1.165, 1.54) is 12.1 Å². The lowest BCUT2D eigenvalue weighted by molar-refractivity contribution is -0.135. The van der Waals surface area contributed by atoms with Gasteiger partial charge in [-0.3, -0.25) is 9.59 Å². The van der Waals surface area contributed by atoms with E-state index >= 15 is 0 Å². The number of H-pyrrole nitrogens is 1. The van der Waals surface area contributed by atoms with E-state index in [4.69, 9.17) is 11.6 Å². The first-order chi connectivity index (χ1) is 15.4. The summed E-state index contributed by atoms with van der Waals surface area (Å²) >= 11 is 5.92. The first kappa shape index (κ1) is 22.2. The van der Waals surface area contributed by atoms with Crippen LogP contribution in [0, 0.1) is 11.7 Å². The molecule has 2 aromatic heterocycles. The number of aliphatic hydroxyl groups excluding tert-OH is 1. The number of carbonyl (C=O) groups excluding carboxylic acids is 2. The number of halogens is 2. The van der Waals surface area contributed by atoms with Crippen LogP contribution in [-0.4, -0.2) is 57.5 Å². The van der Waals surface area contributed by atoms with Crippen LogP contribution in [0.25, 0.3) is 10.9 Å². The molecule has 2 amide bonds. The number of amides is 2. The molecule has 1 aliphatic heterocycles. The highest BCUT2D eigenvalue weighted by Gasteiger charge is 2.30. The van der Waals surface area contributed by atoms with Crippen LogP contribution in [0.5, 0.6) is 0 Å². The SMILES string of the molecule is O=C(N[C@@H](Cc1ccc(F)cc1)C(=O)N1CCCC(CO)C1)c1cc2cc(Cl)ncc2[nH]1. The maximum atomic E-state index is 13.3. The molecule has 4 rings (SSSR count). The summed E-state index contributed by atoms with van der Waals surface area (Å²) in [7, 11) is 0. The zero-order chi connectivity index (χ0) is 22.7. The average Bonchev–Trinajstić information content (AvgIpc) is 3.23. The van der Waals surface area contributed by atoms with Gasteiger partial charge < -0.3 is 20.3 Å². The van der Waals surface area contributed by atoms with Gasteiger partial charge in [0.1, 0.15) is 22.7 Å². The number of nitrogens with zero attached hydrogens (tertiary/aromatic N) is 2. The lowest BCUT2D eigenvalue weighted by atomic mass is 9.97. The third-order valence-electron chi connectivity index (χ3n) is 5.76. The molecule has 0 saturated carbocycles. The van der Waals surface area contributed by atoms with E-state index in [-0.39, 0.29) is 36.4 Å². The fourth-order valence-electron chi connectivity index (χ4n) is 4.05. The molecule has 0 aliphatic carbocycles. The summed E-state index contributed by atoms with van der Waals surface area (Å²) in [6.07, 6.45) is 3.42. The molecule has 7 nitrogen and oxygen atoms in total. The number of benzene rings is 1. The van der Waals surface area contributed by atoms with E-state index in [9.17, 15) is 19.1 Å². The molecule has 0 radical (unpaired) electrons. The Bertz CT molecular complexity index is 1120. The quantitative estimate of drug-likeness (QED) is 0.495. The molecule has 1 aliphatic rings. The molecule has 9 heteroatoms.